The normalized spacial score (nSPS) is 18.9. The largest absolute Gasteiger partial charge is 0.353 e. The van der Waals surface area contributed by atoms with Crippen LogP contribution in [0.15, 0.2) is 54.6 Å². The third kappa shape index (κ3) is 2.37. The molecule has 2 aromatic rings. The molecule has 1 saturated heterocycles. The molecule has 1 atom stereocenters. The Kier molecular flexibility index (Phi) is 3.29. The Morgan fingerprint density at radius 1 is 0.895 bits per heavy atom. The molecular formula is C16H16N2O. The first kappa shape index (κ1) is 11.9. The van der Waals surface area contributed by atoms with Gasteiger partial charge in [0, 0.05) is 13.1 Å². The quantitative estimate of drug-likeness (QED) is 0.859. The molecule has 3 rings (SSSR count). The summed E-state index contributed by atoms with van der Waals surface area (Å²) >= 11 is 0. The number of piperazine rings is 1. The molecule has 1 heterocycles. The number of benzene rings is 2. The number of nitrogens with one attached hydrogen (secondary N) is 2. The van der Waals surface area contributed by atoms with Gasteiger partial charge >= 0.3 is 0 Å². The molecule has 2 N–H and O–H groups in total. The van der Waals surface area contributed by atoms with Crippen LogP contribution in [0.1, 0.15) is 11.6 Å². The highest BCUT2D eigenvalue weighted by Crippen LogP contribution is 2.28. The van der Waals surface area contributed by atoms with Crippen LogP contribution in [-0.2, 0) is 4.79 Å². The van der Waals surface area contributed by atoms with Crippen LogP contribution in [0.4, 0.5) is 0 Å². The molecule has 19 heavy (non-hydrogen) atoms. The van der Waals surface area contributed by atoms with Crippen molar-refractivity contribution in [2.75, 3.05) is 13.1 Å². The fraction of sp³-hybridized carbons (Fsp3) is 0.188. The first-order valence-electron chi connectivity index (χ1n) is 6.52. The Hall–Kier alpha value is -2.13. The van der Waals surface area contributed by atoms with Crippen molar-refractivity contribution in [1.82, 2.24) is 10.6 Å². The number of rotatable bonds is 2. The Bertz CT molecular complexity index is 580. The van der Waals surface area contributed by atoms with Gasteiger partial charge in [0.25, 0.3) is 0 Å². The lowest BCUT2D eigenvalue weighted by molar-refractivity contribution is -0.124. The fourth-order valence-corrected chi connectivity index (χ4v) is 2.48. The molecular weight excluding hydrogens is 236 g/mol. The molecule has 0 saturated carbocycles. The van der Waals surface area contributed by atoms with E-state index in [1.807, 2.05) is 36.4 Å². The fourth-order valence-electron chi connectivity index (χ4n) is 2.48. The van der Waals surface area contributed by atoms with E-state index in [2.05, 4.69) is 28.8 Å². The van der Waals surface area contributed by atoms with Crippen molar-refractivity contribution >= 4 is 5.91 Å². The summed E-state index contributed by atoms with van der Waals surface area (Å²) in [5.74, 6) is 0.0506. The molecule has 1 amide bonds. The van der Waals surface area contributed by atoms with Crippen LogP contribution in [0.25, 0.3) is 11.1 Å². The van der Waals surface area contributed by atoms with E-state index >= 15 is 0 Å². The van der Waals surface area contributed by atoms with Crippen molar-refractivity contribution in [3.05, 3.63) is 60.2 Å². The zero-order valence-electron chi connectivity index (χ0n) is 10.6. The number of carbonyl (C=O) groups is 1. The molecule has 1 fully saturated rings. The van der Waals surface area contributed by atoms with Gasteiger partial charge in [-0.05, 0) is 16.7 Å². The second kappa shape index (κ2) is 5.24. The zero-order chi connectivity index (χ0) is 13.1. The summed E-state index contributed by atoms with van der Waals surface area (Å²) in [7, 11) is 0. The first-order valence-corrected chi connectivity index (χ1v) is 6.52. The zero-order valence-corrected chi connectivity index (χ0v) is 10.6. The van der Waals surface area contributed by atoms with Crippen molar-refractivity contribution in [1.29, 1.82) is 0 Å². The lowest BCUT2D eigenvalue weighted by atomic mass is 9.94. The molecule has 3 heteroatoms. The minimum atomic E-state index is -0.259. The molecule has 0 radical (unpaired) electrons. The van der Waals surface area contributed by atoms with E-state index < -0.39 is 0 Å². The van der Waals surface area contributed by atoms with Gasteiger partial charge in [-0.25, -0.2) is 0 Å². The van der Waals surface area contributed by atoms with E-state index in [0.29, 0.717) is 6.54 Å². The smallest absolute Gasteiger partial charge is 0.241 e. The van der Waals surface area contributed by atoms with E-state index in [1.54, 1.807) is 0 Å². The molecule has 1 aliphatic rings. The van der Waals surface area contributed by atoms with Gasteiger partial charge in [0.1, 0.15) is 6.04 Å². The van der Waals surface area contributed by atoms with Gasteiger partial charge in [-0.3, -0.25) is 4.79 Å². The van der Waals surface area contributed by atoms with E-state index in [9.17, 15) is 4.79 Å². The van der Waals surface area contributed by atoms with Gasteiger partial charge < -0.3 is 10.6 Å². The molecule has 0 spiro atoms. The summed E-state index contributed by atoms with van der Waals surface area (Å²) in [6.07, 6.45) is 0. The maximum Gasteiger partial charge on any atom is 0.241 e. The Labute approximate surface area is 112 Å². The average molecular weight is 252 g/mol. The van der Waals surface area contributed by atoms with Crippen molar-refractivity contribution < 1.29 is 4.79 Å². The van der Waals surface area contributed by atoms with Crippen LogP contribution >= 0.6 is 0 Å². The third-order valence-corrected chi connectivity index (χ3v) is 3.39. The third-order valence-electron chi connectivity index (χ3n) is 3.39. The number of hydrogen-bond acceptors (Lipinski definition) is 2. The van der Waals surface area contributed by atoms with Crippen LogP contribution in [-0.4, -0.2) is 19.0 Å². The van der Waals surface area contributed by atoms with E-state index in [4.69, 9.17) is 0 Å². The topological polar surface area (TPSA) is 41.1 Å². The van der Waals surface area contributed by atoms with Crippen molar-refractivity contribution in [3.63, 3.8) is 0 Å². The second-order valence-corrected chi connectivity index (χ2v) is 4.63. The van der Waals surface area contributed by atoms with Crippen LogP contribution in [0.5, 0.6) is 0 Å². The predicted octanol–water partition coefficient (Wildman–Crippen LogP) is 2.11. The van der Waals surface area contributed by atoms with Gasteiger partial charge in [0.15, 0.2) is 0 Å². The Morgan fingerprint density at radius 2 is 1.63 bits per heavy atom. The van der Waals surface area contributed by atoms with Crippen molar-refractivity contribution in [2.24, 2.45) is 0 Å². The van der Waals surface area contributed by atoms with E-state index in [0.717, 1.165) is 23.2 Å². The van der Waals surface area contributed by atoms with Gasteiger partial charge in [-0.1, -0.05) is 54.6 Å². The minimum Gasteiger partial charge on any atom is -0.353 e. The standard InChI is InChI=1S/C16H16N2O/c19-16-15(17-10-11-18-16)14-9-5-4-8-13(14)12-6-2-1-3-7-12/h1-9,15,17H,10-11H2,(H,18,19)/t15-/m1/s1. The number of hydrogen-bond donors (Lipinski definition) is 2. The van der Waals surface area contributed by atoms with E-state index in [-0.39, 0.29) is 11.9 Å². The van der Waals surface area contributed by atoms with Crippen molar-refractivity contribution in [2.45, 2.75) is 6.04 Å². The predicted molar refractivity (Wildman–Crippen MR) is 75.6 cm³/mol. The second-order valence-electron chi connectivity index (χ2n) is 4.63. The van der Waals surface area contributed by atoms with Gasteiger partial charge in [0.2, 0.25) is 5.91 Å². The summed E-state index contributed by atoms with van der Waals surface area (Å²) < 4.78 is 0. The van der Waals surface area contributed by atoms with Crippen LogP contribution in [0.3, 0.4) is 0 Å². The molecule has 0 bridgehead atoms. The monoisotopic (exact) mass is 252 g/mol. The lowest BCUT2D eigenvalue weighted by Crippen LogP contribution is -2.47. The molecule has 0 aromatic heterocycles. The molecule has 2 aromatic carbocycles. The molecule has 96 valence electrons. The Balaban J connectivity index is 2.04. The van der Waals surface area contributed by atoms with Crippen LogP contribution < -0.4 is 10.6 Å². The maximum atomic E-state index is 12.0. The average Bonchev–Trinajstić information content (AvgIpc) is 2.49. The van der Waals surface area contributed by atoms with Gasteiger partial charge in [-0.15, -0.1) is 0 Å². The molecule has 0 unspecified atom stereocenters. The summed E-state index contributed by atoms with van der Waals surface area (Å²) in [6, 6.07) is 18.0. The highest BCUT2D eigenvalue weighted by molar-refractivity contribution is 5.86. The summed E-state index contributed by atoms with van der Waals surface area (Å²) in [6.45, 7) is 1.50. The Morgan fingerprint density at radius 3 is 2.42 bits per heavy atom. The van der Waals surface area contributed by atoms with E-state index in [1.165, 1.54) is 0 Å². The van der Waals surface area contributed by atoms with Crippen LogP contribution in [0, 0.1) is 0 Å². The SMILES string of the molecule is O=C1NCCN[C@@H]1c1ccccc1-c1ccccc1. The highest BCUT2D eigenvalue weighted by Gasteiger charge is 2.25. The molecule has 1 aliphatic heterocycles. The van der Waals surface area contributed by atoms with Crippen LogP contribution in [0.2, 0.25) is 0 Å². The highest BCUT2D eigenvalue weighted by atomic mass is 16.2. The number of amides is 1. The summed E-state index contributed by atoms with van der Waals surface area (Å²) in [5, 5.41) is 6.19. The maximum absolute atomic E-state index is 12.0. The van der Waals surface area contributed by atoms with Gasteiger partial charge in [-0.2, -0.15) is 0 Å². The van der Waals surface area contributed by atoms with Gasteiger partial charge in [0.05, 0.1) is 0 Å². The lowest BCUT2D eigenvalue weighted by Gasteiger charge is -2.25. The molecule has 3 nitrogen and oxygen atoms in total. The minimum absolute atomic E-state index is 0.0506. The summed E-state index contributed by atoms with van der Waals surface area (Å²) in [5.41, 5.74) is 3.28. The first-order chi connectivity index (χ1) is 9.36. The summed E-state index contributed by atoms with van der Waals surface area (Å²) in [4.78, 5) is 12.0. The molecule has 0 aliphatic carbocycles. The number of carbonyl (C=O) groups excluding carboxylic acids is 1. The van der Waals surface area contributed by atoms with Crippen molar-refractivity contribution in [3.8, 4) is 11.1 Å².